The first-order valence-electron chi connectivity index (χ1n) is 7.26. The van der Waals surface area contributed by atoms with Gasteiger partial charge < -0.3 is 0 Å². The topological polar surface area (TPSA) is 42.9 Å². The van der Waals surface area contributed by atoms with Crippen LogP contribution in [0, 0.1) is 6.92 Å². The summed E-state index contributed by atoms with van der Waals surface area (Å²) in [5, 5.41) is 0.699. The first kappa shape index (κ1) is 15.4. The molecule has 0 N–H and O–H groups in total. The molecule has 23 heavy (non-hydrogen) atoms. The summed E-state index contributed by atoms with van der Waals surface area (Å²) in [7, 11) is 0. The minimum Gasteiger partial charge on any atom is -0.298 e. The van der Waals surface area contributed by atoms with Crippen LogP contribution in [-0.2, 0) is 0 Å². The molecule has 0 bridgehead atoms. The fourth-order valence-electron chi connectivity index (χ4n) is 2.36. The molecule has 2 aromatic carbocycles. The predicted molar refractivity (Wildman–Crippen MR) is 94.8 cm³/mol. The Bertz CT molecular complexity index is 830. The van der Waals surface area contributed by atoms with Crippen molar-refractivity contribution in [1.82, 2.24) is 9.97 Å². The van der Waals surface area contributed by atoms with Crippen molar-refractivity contribution in [3.63, 3.8) is 0 Å². The number of aromatic nitrogens is 2. The summed E-state index contributed by atoms with van der Waals surface area (Å²) in [6.45, 7) is 2.03. The average Bonchev–Trinajstić information content (AvgIpc) is 2.62. The normalized spacial score (nSPS) is 10.5. The number of hydrogen-bond acceptors (Lipinski definition) is 4. The number of benzene rings is 2. The van der Waals surface area contributed by atoms with Crippen molar-refractivity contribution in [2.24, 2.45) is 0 Å². The van der Waals surface area contributed by atoms with Gasteiger partial charge in [0.05, 0.1) is 11.3 Å². The van der Waals surface area contributed by atoms with Crippen molar-refractivity contribution < 1.29 is 4.79 Å². The first-order valence-corrected chi connectivity index (χ1v) is 8.49. The Morgan fingerprint density at radius 2 is 1.61 bits per heavy atom. The van der Waals surface area contributed by atoms with Crippen LogP contribution in [0.3, 0.4) is 0 Å². The van der Waals surface area contributed by atoms with Gasteiger partial charge in [0.1, 0.15) is 5.03 Å². The Kier molecular flexibility index (Phi) is 4.53. The minimum absolute atomic E-state index is 0.543. The molecule has 4 heteroatoms. The summed E-state index contributed by atoms with van der Waals surface area (Å²) in [6, 6.07) is 17.8. The van der Waals surface area contributed by atoms with Gasteiger partial charge in [0.15, 0.2) is 12.1 Å². The standard InChI is InChI=1S/C19H16N2OS/c1-13-8-10-14(11-9-13)17-16(12-22)19(23-2)21-18(20-17)15-6-4-3-5-7-15/h3-12H,1-2H3. The number of carbonyl (C=O) groups is 1. The molecule has 0 saturated carbocycles. The molecule has 1 aromatic heterocycles. The highest BCUT2D eigenvalue weighted by Crippen LogP contribution is 2.30. The number of aryl methyl sites for hydroxylation is 1. The zero-order valence-electron chi connectivity index (χ0n) is 13.0. The van der Waals surface area contributed by atoms with Crippen LogP contribution in [0.5, 0.6) is 0 Å². The highest BCUT2D eigenvalue weighted by atomic mass is 32.2. The second-order valence-electron chi connectivity index (χ2n) is 5.17. The van der Waals surface area contributed by atoms with E-state index < -0.39 is 0 Å². The average molecular weight is 320 g/mol. The molecule has 0 aliphatic heterocycles. The van der Waals surface area contributed by atoms with E-state index in [0.717, 1.165) is 17.4 Å². The summed E-state index contributed by atoms with van der Waals surface area (Å²) in [5.74, 6) is 0.635. The fraction of sp³-hybridized carbons (Fsp3) is 0.105. The van der Waals surface area contributed by atoms with Crippen LogP contribution >= 0.6 is 11.8 Å². The van der Waals surface area contributed by atoms with E-state index in [0.29, 0.717) is 22.1 Å². The first-order chi connectivity index (χ1) is 11.2. The third-order valence-corrected chi connectivity index (χ3v) is 4.28. The van der Waals surface area contributed by atoms with Crippen LogP contribution in [0.4, 0.5) is 0 Å². The quantitative estimate of drug-likeness (QED) is 0.398. The molecular weight excluding hydrogens is 304 g/mol. The van der Waals surface area contributed by atoms with Gasteiger partial charge in [-0.2, -0.15) is 0 Å². The summed E-state index contributed by atoms with van der Waals surface area (Å²) in [5.41, 5.74) is 4.25. The van der Waals surface area contributed by atoms with Crippen molar-refractivity contribution in [3.05, 3.63) is 65.7 Å². The van der Waals surface area contributed by atoms with E-state index in [4.69, 9.17) is 0 Å². The maximum absolute atomic E-state index is 11.6. The lowest BCUT2D eigenvalue weighted by molar-refractivity contribution is 0.112. The van der Waals surface area contributed by atoms with Gasteiger partial charge in [0, 0.05) is 11.1 Å². The molecule has 3 nitrogen and oxygen atoms in total. The summed E-state index contributed by atoms with van der Waals surface area (Å²) in [4.78, 5) is 20.8. The second-order valence-corrected chi connectivity index (χ2v) is 5.96. The van der Waals surface area contributed by atoms with Crippen molar-refractivity contribution in [2.45, 2.75) is 11.9 Å². The van der Waals surface area contributed by atoms with E-state index in [1.165, 1.54) is 17.3 Å². The van der Waals surface area contributed by atoms with Gasteiger partial charge in [-0.1, -0.05) is 60.2 Å². The molecule has 0 spiro atoms. The second kappa shape index (κ2) is 6.75. The summed E-state index contributed by atoms with van der Waals surface area (Å²) >= 11 is 1.46. The molecular formula is C19H16N2OS. The monoisotopic (exact) mass is 320 g/mol. The lowest BCUT2D eigenvalue weighted by Crippen LogP contribution is -2.01. The molecule has 3 rings (SSSR count). The largest absolute Gasteiger partial charge is 0.298 e. The van der Waals surface area contributed by atoms with Gasteiger partial charge >= 0.3 is 0 Å². The highest BCUT2D eigenvalue weighted by molar-refractivity contribution is 7.98. The Morgan fingerprint density at radius 3 is 2.22 bits per heavy atom. The number of aldehydes is 1. The fourth-order valence-corrected chi connectivity index (χ4v) is 2.90. The Labute approximate surface area is 139 Å². The van der Waals surface area contributed by atoms with Crippen LogP contribution in [-0.4, -0.2) is 22.5 Å². The molecule has 3 aromatic rings. The van der Waals surface area contributed by atoms with Crippen molar-refractivity contribution in [3.8, 4) is 22.6 Å². The Balaban J connectivity index is 2.24. The minimum atomic E-state index is 0.543. The van der Waals surface area contributed by atoms with Crippen LogP contribution in [0.25, 0.3) is 22.6 Å². The third kappa shape index (κ3) is 3.17. The molecule has 0 radical (unpaired) electrons. The van der Waals surface area contributed by atoms with E-state index in [1.807, 2.05) is 67.8 Å². The number of thioether (sulfide) groups is 1. The maximum Gasteiger partial charge on any atom is 0.161 e. The van der Waals surface area contributed by atoms with E-state index in [-0.39, 0.29) is 0 Å². The molecule has 0 aliphatic carbocycles. The van der Waals surface area contributed by atoms with Crippen molar-refractivity contribution >= 4 is 18.0 Å². The molecule has 0 atom stereocenters. The highest BCUT2D eigenvalue weighted by Gasteiger charge is 2.16. The summed E-state index contributed by atoms with van der Waals surface area (Å²) in [6.07, 6.45) is 2.76. The Hall–Kier alpha value is -2.46. The Morgan fingerprint density at radius 1 is 0.913 bits per heavy atom. The maximum atomic E-state index is 11.6. The van der Waals surface area contributed by atoms with Gasteiger partial charge in [-0.15, -0.1) is 11.8 Å². The van der Waals surface area contributed by atoms with Gasteiger partial charge in [-0.05, 0) is 13.2 Å². The van der Waals surface area contributed by atoms with Gasteiger partial charge in [0.2, 0.25) is 0 Å². The van der Waals surface area contributed by atoms with E-state index in [1.54, 1.807) is 0 Å². The van der Waals surface area contributed by atoms with Crippen molar-refractivity contribution in [1.29, 1.82) is 0 Å². The van der Waals surface area contributed by atoms with Crippen LogP contribution in [0.2, 0.25) is 0 Å². The lowest BCUT2D eigenvalue weighted by Gasteiger charge is -2.11. The number of hydrogen-bond donors (Lipinski definition) is 0. The van der Waals surface area contributed by atoms with Crippen LogP contribution in [0.1, 0.15) is 15.9 Å². The molecule has 0 saturated heterocycles. The molecule has 0 fully saturated rings. The number of carbonyl (C=O) groups excluding carboxylic acids is 1. The van der Waals surface area contributed by atoms with E-state index >= 15 is 0 Å². The predicted octanol–water partition coefficient (Wildman–Crippen LogP) is 4.65. The van der Waals surface area contributed by atoms with Crippen LogP contribution in [0.15, 0.2) is 59.6 Å². The van der Waals surface area contributed by atoms with Gasteiger partial charge in [-0.25, -0.2) is 9.97 Å². The van der Waals surface area contributed by atoms with E-state index in [2.05, 4.69) is 9.97 Å². The van der Waals surface area contributed by atoms with E-state index in [9.17, 15) is 4.79 Å². The lowest BCUT2D eigenvalue weighted by atomic mass is 10.1. The molecule has 0 amide bonds. The smallest absolute Gasteiger partial charge is 0.161 e. The summed E-state index contributed by atoms with van der Waals surface area (Å²) < 4.78 is 0. The molecule has 0 aliphatic rings. The zero-order valence-corrected chi connectivity index (χ0v) is 13.8. The molecule has 114 valence electrons. The number of nitrogens with zero attached hydrogens (tertiary/aromatic N) is 2. The third-order valence-electron chi connectivity index (χ3n) is 3.58. The van der Waals surface area contributed by atoms with Crippen molar-refractivity contribution in [2.75, 3.05) is 6.26 Å². The van der Waals surface area contributed by atoms with Gasteiger partial charge in [-0.3, -0.25) is 4.79 Å². The number of rotatable bonds is 4. The van der Waals surface area contributed by atoms with Gasteiger partial charge in [0.25, 0.3) is 0 Å². The molecule has 1 heterocycles. The SMILES string of the molecule is CSc1nc(-c2ccccc2)nc(-c2ccc(C)cc2)c1C=O. The zero-order chi connectivity index (χ0) is 16.2. The molecule has 0 unspecified atom stereocenters. The van der Waals surface area contributed by atoms with Crippen LogP contribution < -0.4 is 0 Å².